The Morgan fingerprint density at radius 3 is 2.57 bits per heavy atom. The Morgan fingerprint density at radius 1 is 1.18 bits per heavy atom. The highest BCUT2D eigenvalue weighted by molar-refractivity contribution is 8.16. The maximum Gasteiger partial charge on any atom is 0.283 e. The fraction of sp³-hybridized carbons (Fsp3) is 0.227. The molecule has 0 saturated heterocycles. The Labute approximate surface area is 169 Å². The summed E-state index contributed by atoms with van der Waals surface area (Å²) < 4.78 is 2.17. The van der Waals surface area contributed by atoms with Crippen molar-refractivity contribution in [3.63, 3.8) is 0 Å². The maximum absolute atomic E-state index is 12.5. The minimum atomic E-state index is -0.362. The lowest BCUT2D eigenvalue weighted by molar-refractivity contribution is -0.114. The SMILES string of the molecule is Cc1cc(/C=C2/C(=N)N3C=CSC3=NC2=O)c(C)n1-c1ccc(C(C)C)cc1. The third-order valence-electron chi connectivity index (χ3n) is 5.10. The third-order valence-corrected chi connectivity index (χ3v) is 5.86. The Kier molecular flexibility index (Phi) is 4.59. The number of aromatic nitrogens is 1. The second-order valence-corrected chi connectivity index (χ2v) is 8.16. The number of carbonyl (C=O) groups excluding carboxylic acids is 1. The number of benzene rings is 1. The van der Waals surface area contributed by atoms with Gasteiger partial charge in [-0.25, -0.2) is 0 Å². The molecule has 4 rings (SSSR count). The maximum atomic E-state index is 12.5. The first-order valence-corrected chi connectivity index (χ1v) is 10.1. The zero-order valence-corrected chi connectivity index (χ0v) is 17.2. The van der Waals surface area contributed by atoms with Crippen molar-refractivity contribution in [2.45, 2.75) is 33.6 Å². The number of hydrogen-bond donors (Lipinski definition) is 1. The van der Waals surface area contributed by atoms with Crippen LogP contribution in [-0.4, -0.2) is 26.4 Å². The highest BCUT2D eigenvalue weighted by Crippen LogP contribution is 2.29. The van der Waals surface area contributed by atoms with Crippen LogP contribution in [0, 0.1) is 19.3 Å². The molecule has 142 valence electrons. The molecule has 2 aromatic rings. The van der Waals surface area contributed by atoms with E-state index in [1.54, 1.807) is 17.2 Å². The second-order valence-electron chi connectivity index (χ2n) is 7.29. The normalized spacial score (nSPS) is 17.7. The molecule has 1 aromatic heterocycles. The Balaban J connectivity index is 1.74. The topological polar surface area (TPSA) is 61.5 Å². The van der Waals surface area contributed by atoms with E-state index in [-0.39, 0.29) is 11.7 Å². The molecule has 6 heteroatoms. The van der Waals surface area contributed by atoms with E-state index in [9.17, 15) is 4.79 Å². The number of amides is 1. The zero-order chi connectivity index (χ0) is 20.0. The lowest BCUT2D eigenvalue weighted by Gasteiger charge is -2.22. The van der Waals surface area contributed by atoms with Crippen molar-refractivity contribution in [3.8, 4) is 5.69 Å². The van der Waals surface area contributed by atoms with Crippen LogP contribution < -0.4 is 0 Å². The molecule has 28 heavy (non-hydrogen) atoms. The summed E-state index contributed by atoms with van der Waals surface area (Å²) in [5.41, 5.74) is 5.74. The van der Waals surface area contributed by atoms with Gasteiger partial charge in [-0.1, -0.05) is 37.7 Å². The molecular formula is C22H22N4OS. The molecule has 1 N–H and O–H groups in total. The minimum Gasteiger partial charge on any atom is -0.318 e. The number of nitrogens with one attached hydrogen (secondary N) is 1. The van der Waals surface area contributed by atoms with Crippen molar-refractivity contribution in [2.75, 3.05) is 0 Å². The number of nitrogens with zero attached hydrogens (tertiary/aromatic N) is 3. The van der Waals surface area contributed by atoms with Crippen molar-refractivity contribution >= 4 is 34.7 Å². The Bertz CT molecular complexity index is 1070. The lowest BCUT2D eigenvalue weighted by atomic mass is 10.0. The van der Waals surface area contributed by atoms with E-state index < -0.39 is 0 Å². The number of amidine groups is 2. The van der Waals surface area contributed by atoms with E-state index in [0.717, 1.165) is 22.6 Å². The third kappa shape index (κ3) is 3.03. The van der Waals surface area contributed by atoms with Crippen molar-refractivity contribution in [3.05, 3.63) is 70.0 Å². The number of carbonyl (C=O) groups is 1. The van der Waals surface area contributed by atoms with Crippen LogP contribution in [0.2, 0.25) is 0 Å². The van der Waals surface area contributed by atoms with Gasteiger partial charge in [-0.3, -0.25) is 15.1 Å². The van der Waals surface area contributed by atoms with Crippen LogP contribution in [0.25, 0.3) is 11.8 Å². The molecule has 3 heterocycles. The summed E-state index contributed by atoms with van der Waals surface area (Å²) in [5.74, 6) is 0.300. The van der Waals surface area contributed by atoms with Crippen molar-refractivity contribution < 1.29 is 4.79 Å². The van der Waals surface area contributed by atoms with Gasteiger partial charge < -0.3 is 4.57 Å². The quantitative estimate of drug-likeness (QED) is 0.751. The largest absolute Gasteiger partial charge is 0.318 e. The van der Waals surface area contributed by atoms with E-state index in [0.29, 0.717) is 16.7 Å². The predicted octanol–water partition coefficient (Wildman–Crippen LogP) is 4.99. The molecule has 0 radical (unpaired) electrons. The standard InChI is InChI=1S/C22H22N4OS/c1-13(2)16-5-7-18(8-6-16)26-14(3)11-17(15(26)4)12-19-20(23)25-9-10-28-22(25)24-21(19)27/h5-13,23H,1-4H3/b19-12-,23-20?. The zero-order valence-electron chi connectivity index (χ0n) is 16.4. The molecule has 5 nitrogen and oxygen atoms in total. The number of aryl methyl sites for hydroxylation is 1. The average molecular weight is 391 g/mol. The molecule has 1 aromatic carbocycles. The molecule has 2 aliphatic heterocycles. The van der Waals surface area contributed by atoms with E-state index in [2.05, 4.69) is 54.6 Å². The summed E-state index contributed by atoms with van der Waals surface area (Å²) in [5, 5.41) is 10.8. The summed E-state index contributed by atoms with van der Waals surface area (Å²) in [4.78, 5) is 18.2. The number of thioether (sulfide) groups is 1. The monoisotopic (exact) mass is 390 g/mol. The van der Waals surface area contributed by atoms with Gasteiger partial charge in [0, 0.05) is 23.3 Å². The first-order valence-electron chi connectivity index (χ1n) is 9.22. The molecule has 0 spiro atoms. The summed E-state index contributed by atoms with van der Waals surface area (Å²) in [6.45, 7) is 8.45. The average Bonchev–Trinajstić information content (AvgIpc) is 3.23. The van der Waals surface area contributed by atoms with Gasteiger partial charge in [0.25, 0.3) is 5.91 Å². The molecule has 1 amide bonds. The second kappa shape index (κ2) is 6.95. The summed E-state index contributed by atoms with van der Waals surface area (Å²) in [6.07, 6.45) is 3.55. The molecule has 0 aliphatic carbocycles. The van der Waals surface area contributed by atoms with Crippen molar-refractivity contribution in [1.82, 2.24) is 9.47 Å². The number of aliphatic imine (C=N–C) groups is 1. The fourth-order valence-electron chi connectivity index (χ4n) is 3.53. The molecule has 0 unspecified atom stereocenters. The molecule has 0 fully saturated rings. The predicted molar refractivity (Wildman–Crippen MR) is 116 cm³/mol. The van der Waals surface area contributed by atoms with Gasteiger partial charge in [0.05, 0.1) is 5.57 Å². The first kappa shape index (κ1) is 18.5. The van der Waals surface area contributed by atoms with Crippen LogP contribution in [-0.2, 0) is 4.79 Å². The lowest BCUT2D eigenvalue weighted by Crippen LogP contribution is -2.35. The van der Waals surface area contributed by atoms with Gasteiger partial charge in [-0.05, 0) is 60.6 Å². The van der Waals surface area contributed by atoms with E-state index in [1.807, 2.05) is 18.4 Å². The number of hydrogen-bond acceptors (Lipinski definition) is 3. The van der Waals surface area contributed by atoms with Gasteiger partial charge in [0.1, 0.15) is 5.84 Å². The van der Waals surface area contributed by atoms with Crippen LogP contribution in [0.3, 0.4) is 0 Å². The van der Waals surface area contributed by atoms with Gasteiger partial charge in [0.2, 0.25) is 0 Å². The summed E-state index contributed by atoms with van der Waals surface area (Å²) in [6, 6.07) is 10.6. The highest BCUT2D eigenvalue weighted by atomic mass is 32.2. The van der Waals surface area contributed by atoms with E-state index >= 15 is 0 Å². The van der Waals surface area contributed by atoms with Crippen molar-refractivity contribution in [2.24, 2.45) is 4.99 Å². The van der Waals surface area contributed by atoms with Crippen LogP contribution >= 0.6 is 11.8 Å². The number of fused-ring (bicyclic) bond motifs is 1. The minimum absolute atomic E-state index is 0.169. The Morgan fingerprint density at radius 2 is 1.89 bits per heavy atom. The number of rotatable bonds is 3. The van der Waals surface area contributed by atoms with Crippen molar-refractivity contribution in [1.29, 1.82) is 5.41 Å². The smallest absolute Gasteiger partial charge is 0.283 e. The molecule has 0 bridgehead atoms. The van der Waals surface area contributed by atoms with Gasteiger partial charge >= 0.3 is 0 Å². The fourth-order valence-corrected chi connectivity index (χ4v) is 4.23. The van der Waals surface area contributed by atoms with Gasteiger partial charge in [-0.2, -0.15) is 4.99 Å². The Hall–Kier alpha value is -2.86. The van der Waals surface area contributed by atoms with Gasteiger partial charge in [0.15, 0.2) is 5.17 Å². The molecule has 0 saturated carbocycles. The van der Waals surface area contributed by atoms with Crippen LogP contribution in [0.5, 0.6) is 0 Å². The van der Waals surface area contributed by atoms with Crippen LogP contribution in [0.1, 0.15) is 42.3 Å². The molecule has 2 aliphatic rings. The summed E-state index contributed by atoms with van der Waals surface area (Å²) >= 11 is 1.35. The van der Waals surface area contributed by atoms with E-state index in [4.69, 9.17) is 5.41 Å². The molecule has 0 atom stereocenters. The highest BCUT2D eigenvalue weighted by Gasteiger charge is 2.31. The molecular weight excluding hydrogens is 368 g/mol. The van der Waals surface area contributed by atoms with Crippen LogP contribution in [0.15, 0.2) is 52.5 Å². The van der Waals surface area contributed by atoms with E-state index in [1.165, 1.54) is 17.3 Å². The first-order chi connectivity index (χ1) is 13.4. The van der Waals surface area contributed by atoms with Crippen LogP contribution in [0.4, 0.5) is 0 Å². The van der Waals surface area contributed by atoms with Gasteiger partial charge in [-0.15, -0.1) is 0 Å². The summed E-state index contributed by atoms with van der Waals surface area (Å²) in [7, 11) is 0.